The van der Waals surface area contributed by atoms with Crippen molar-refractivity contribution in [2.75, 3.05) is 12.4 Å². The van der Waals surface area contributed by atoms with Crippen molar-refractivity contribution in [2.45, 2.75) is 6.54 Å². The van der Waals surface area contributed by atoms with Gasteiger partial charge >= 0.3 is 5.69 Å². The number of nitro groups is 1. The Hall–Kier alpha value is -2.93. The number of ether oxygens (including phenoxy) is 1. The van der Waals surface area contributed by atoms with Crippen molar-refractivity contribution in [2.24, 2.45) is 0 Å². The molecule has 0 saturated heterocycles. The number of halogens is 1. The molecule has 3 aromatic rings. The fraction of sp³-hybridized carbons (Fsp3) is 0.125. The first-order valence-corrected chi connectivity index (χ1v) is 7.41. The van der Waals surface area contributed by atoms with E-state index in [4.69, 9.17) is 16.3 Å². The van der Waals surface area contributed by atoms with Gasteiger partial charge in [0, 0.05) is 23.0 Å². The van der Waals surface area contributed by atoms with Crippen molar-refractivity contribution in [1.29, 1.82) is 0 Å². The molecule has 0 saturated carbocycles. The van der Waals surface area contributed by atoms with Gasteiger partial charge in [0.1, 0.15) is 12.1 Å². The number of rotatable bonds is 5. The number of anilines is 1. The van der Waals surface area contributed by atoms with E-state index in [-0.39, 0.29) is 11.4 Å². The Labute approximate surface area is 142 Å². The van der Waals surface area contributed by atoms with Crippen molar-refractivity contribution >= 4 is 34.0 Å². The highest BCUT2D eigenvalue weighted by atomic mass is 35.5. The lowest BCUT2D eigenvalue weighted by Gasteiger charge is -2.09. The predicted octanol–water partition coefficient (Wildman–Crippen LogP) is 3.81. The van der Waals surface area contributed by atoms with E-state index < -0.39 is 4.92 Å². The van der Waals surface area contributed by atoms with E-state index in [0.717, 1.165) is 16.5 Å². The van der Waals surface area contributed by atoms with Crippen LogP contribution >= 0.6 is 11.6 Å². The summed E-state index contributed by atoms with van der Waals surface area (Å²) < 4.78 is 5.00. The topological polar surface area (TPSA) is 90.2 Å². The van der Waals surface area contributed by atoms with Gasteiger partial charge in [-0.2, -0.15) is 0 Å². The molecule has 0 aliphatic carbocycles. The lowest BCUT2D eigenvalue weighted by Crippen LogP contribution is -2.03. The molecule has 0 unspecified atom stereocenters. The third-order valence-corrected chi connectivity index (χ3v) is 3.73. The van der Waals surface area contributed by atoms with Crippen LogP contribution in [0.4, 0.5) is 11.5 Å². The van der Waals surface area contributed by atoms with Crippen LogP contribution in [0.1, 0.15) is 5.56 Å². The maximum Gasteiger partial charge on any atom is 0.311 e. The number of nitrogens with zero attached hydrogens (tertiary/aromatic N) is 3. The van der Waals surface area contributed by atoms with Crippen LogP contribution in [0.3, 0.4) is 0 Å². The standard InChI is InChI=1S/C16H13ClN4O3/c1-24-15-5-2-10(6-14(15)21(22)23)8-18-16-12-7-11(17)3-4-13(12)19-9-20-16/h2-7,9H,8H2,1H3,(H,18,19,20). The van der Waals surface area contributed by atoms with Gasteiger partial charge in [-0.1, -0.05) is 17.7 Å². The number of fused-ring (bicyclic) bond motifs is 1. The number of nitrogens with one attached hydrogen (secondary N) is 1. The largest absolute Gasteiger partial charge is 0.490 e. The molecule has 0 fully saturated rings. The Balaban J connectivity index is 1.87. The Bertz CT molecular complexity index is 917. The second-order valence-corrected chi connectivity index (χ2v) is 5.44. The molecule has 7 nitrogen and oxygen atoms in total. The average Bonchev–Trinajstić information content (AvgIpc) is 2.59. The highest BCUT2D eigenvalue weighted by molar-refractivity contribution is 6.31. The van der Waals surface area contributed by atoms with Gasteiger partial charge in [0.25, 0.3) is 0 Å². The third kappa shape index (κ3) is 3.21. The van der Waals surface area contributed by atoms with Crippen molar-refractivity contribution < 1.29 is 9.66 Å². The van der Waals surface area contributed by atoms with E-state index in [0.29, 0.717) is 17.4 Å². The van der Waals surface area contributed by atoms with Gasteiger partial charge in [-0.25, -0.2) is 9.97 Å². The van der Waals surface area contributed by atoms with Gasteiger partial charge in [-0.3, -0.25) is 10.1 Å². The molecule has 0 atom stereocenters. The second-order valence-electron chi connectivity index (χ2n) is 5.00. The summed E-state index contributed by atoms with van der Waals surface area (Å²) in [4.78, 5) is 19.0. The number of hydrogen-bond acceptors (Lipinski definition) is 6. The molecule has 0 spiro atoms. The van der Waals surface area contributed by atoms with E-state index in [1.807, 2.05) is 6.07 Å². The van der Waals surface area contributed by atoms with E-state index in [9.17, 15) is 10.1 Å². The van der Waals surface area contributed by atoms with Crippen LogP contribution in [0.2, 0.25) is 5.02 Å². The maximum atomic E-state index is 11.1. The van der Waals surface area contributed by atoms with Crippen molar-refractivity contribution in [3.8, 4) is 5.75 Å². The lowest BCUT2D eigenvalue weighted by molar-refractivity contribution is -0.385. The first-order chi connectivity index (χ1) is 11.6. The van der Waals surface area contributed by atoms with Crippen LogP contribution < -0.4 is 10.1 Å². The number of benzene rings is 2. The summed E-state index contributed by atoms with van der Waals surface area (Å²) in [6, 6.07) is 10.1. The molecular formula is C16H13ClN4O3. The van der Waals surface area contributed by atoms with Gasteiger partial charge in [0.15, 0.2) is 5.75 Å². The summed E-state index contributed by atoms with van der Waals surface area (Å²) in [6.45, 7) is 0.365. The van der Waals surface area contributed by atoms with Crippen LogP contribution in [0.15, 0.2) is 42.7 Å². The zero-order valence-corrected chi connectivity index (χ0v) is 13.4. The summed E-state index contributed by atoms with van der Waals surface area (Å²) in [5.41, 5.74) is 1.42. The zero-order chi connectivity index (χ0) is 17.1. The summed E-state index contributed by atoms with van der Waals surface area (Å²) >= 11 is 6.02. The molecule has 1 heterocycles. The highest BCUT2D eigenvalue weighted by Gasteiger charge is 2.15. The molecule has 122 valence electrons. The number of methoxy groups -OCH3 is 1. The van der Waals surface area contributed by atoms with Crippen LogP contribution in [0.25, 0.3) is 10.9 Å². The molecule has 0 radical (unpaired) electrons. The Morgan fingerprint density at radius 1 is 1.25 bits per heavy atom. The molecule has 0 aliphatic heterocycles. The molecule has 0 amide bonds. The Kier molecular flexibility index (Phi) is 4.43. The van der Waals surface area contributed by atoms with Gasteiger partial charge < -0.3 is 10.1 Å². The summed E-state index contributed by atoms with van der Waals surface area (Å²) in [5.74, 6) is 0.837. The van der Waals surface area contributed by atoms with Gasteiger partial charge in [-0.05, 0) is 29.8 Å². The molecule has 2 aromatic carbocycles. The fourth-order valence-electron chi connectivity index (χ4n) is 2.34. The van der Waals surface area contributed by atoms with Crippen LogP contribution in [0, 0.1) is 10.1 Å². The molecule has 1 aromatic heterocycles. The summed E-state index contributed by atoms with van der Waals surface area (Å²) in [7, 11) is 1.40. The molecule has 0 bridgehead atoms. The number of aromatic nitrogens is 2. The summed E-state index contributed by atoms with van der Waals surface area (Å²) in [5, 5.41) is 15.6. The lowest BCUT2D eigenvalue weighted by atomic mass is 10.1. The highest BCUT2D eigenvalue weighted by Crippen LogP contribution is 2.28. The van der Waals surface area contributed by atoms with Crippen molar-refractivity contribution in [1.82, 2.24) is 9.97 Å². The molecule has 3 rings (SSSR count). The molecule has 24 heavy (non-hydrogen) atoms. The minimum absolute atomic E-state index is 0.0765. The van der Waals surface area contributed by atoms with Crippen LogP contribution in [-0.2, 0) is 6.54 Å². The van der Waals surface area contributed by atoms with Gasteiger partial charge in [-0.15, -0.1) is 0 Å². The Morgan fingerprint density at radius 3 is 2.83 bits per heavy atom. The second kappa shape index (κ2) is 6.67. The average molecular weight is 345 g/mol. The molecule has 0 aliphatic rings. The predicted molar refractivity (Wildman–Crippen MR) is 91.5 cm³/mol. The van der Waals surface area contributed by atoms with Crippen molar-refractivity contribution in [3.63, 3.8) is 0 Å². The van der Waals surface area contributed by atoms with Crippen molar-refractivity contribution in [3.05, 3.63) is 63.4 Å². The van der Waals surface area contributed by atoms with Crippen LogP contribution in [-0.4, -0.2) is 22.0 Å². The van der Waals surface area contributed by atoms with E-state index in [2.05, 4.69) is 15.3 Å². The SMILES string of the molecule is COc1ccc(CNc2ncnc3ccc(Cl)cc23)cc1[N+](=O)[O-]. The maximum absolute atomic E-state index is 11.1. The van der Waals surface area contributed by atoms with E-state index in [1.165, 1.54) is 19.5 Å². The first kappa shape index (κ1) is 15.9. The van der Waals surface area contributed by atoms with Gasteiger partial charge in [0.05, 0.1) is 17.5 Å². The molecule has 1 N–H and O–H groups in total. The molecular weight excluding hydrogens is 332 g/mol. The smallest absolute Gasteiger partial charge is 0.311 e. The normalized spacial score (nSPS) is 10.6. The minimum atomic E-state index is -0.470. The minimum Gasteiger partial charge on any atom is -0.490 e. The fourth-order valence-corrected chi connectivity index (χ4v) is 2.52. The van der Waals surface area contributed by atoms with Gasteiger partial charge in [0.2, 0.25) is 0 Å². The zero-order valence-electron chi connectivity index (χ0n) is 12.7. The monoisotopic (exact) mass is 344 g/mol. The quantitative estimate of drug-likeness (QED) is 0.559. The summed E-state index contributed by atoms with van der Waals surface area (Å²) in [6.07, 6.45) is 1.45. The van der Waals surface area contributed by atoms with Crippen LogP contribution in [0.5, 0.6) is 5.75 Å². The third-order valence-electron chi connectivity index (χ3n) is 3.50. The number of hydrogen-bond donors (Lipinski definition) is 1. The van der Waals surface area contributed by atoms with E-state index in [1.54, 1.807) is 24.3 Å². The Morgan fingerprint density at radius 2 is 2.08 bits per heavy atom. The first-order valence-electron chi connectivity index (χ1n) is 7.04. The molecule has 8 heteroatoms. The van der Waals surface area contributed by atoms with E-state index >= 15 is 0 Å². The number of nitro benzene ring substituents is 1.